The molecule has 1 aliphatic carbocycles. The number of Topliss-reactive ketones (excluding diaryl/α,β-unsaturated/α-hetero) is 1. The van der Waals surface area contributed by atoms with Crippen LogP contribution in [0, 0.1) is 0 Å². The van der Waals surface area contributed by atoms with E-state index < -0.39 is 28.5 Å². The summed E-state index contributed by atoms with van der Waals surface area (Å²) in [5.74, 6) is -1.05. The van der Waals surface area contributed by atoms with Crippen LogP contribution in [0.4, 0.5) is 5.69 Å². The van der Waals surface area contributed by atoms with E-state index in [1.807, 2.05) is 30.3 Å². The van der Waals surface area contributed by atoms with Crippen molar-refractivity contribution in [3.63, 3.8) is 0 Å². The first-order valence-electron chi connectivity index (χ1n) is 14.5. The van der Waals surface area contributed by atoms with Gasteiger partial charge in [-0.05, 0) is 55.2 Å². The lowest BCUT2D eigenvalue weighted by molar-refractivity contribution is -0.140. The molecule has 3 aromatic carbocycles. The first kappa shape index (κ1) is 32.2. The van der Waals surface area contributed by atoms with Gasteiger partial charge in [0.2, 0.25) is 21.8 Å². The molecule has 2 amide bonds. The van der Waals surface area contributed by atoms with Crippen molar-refractivity contribution in [2.75, 3.05) is 17.1 Å². The molecule has 1 aliphatic rings. The third-order valence-electron chi connectivity index (χ3n) is 7.71. The topological polar surface area (TPSA) is 104 Å². The molecule has 1 N–H and O–H groups in total. The smallest absolute Gasteiger partial charge is 0.244 e. The van der Waals surface area contributed by atoms with Crippen LogP contribution in [-0.4, -0.2) is 55.8 Å². The highest BCUT2D eigenvalue weighted by Crippen LogP contribution is 2.23. The van der Waals surface area contributed by atoms with Gasteiger partial charge < -0.3 is 10.2 Å². The monoisotopic (exact) mass is 623 g/mol. The number of amides is 2. The fourth-order valence-corrected chi connectivity index (χ4v) is 6.35. The van der Waals surface area contributed by atoms with Crippen molar-refractivity contribution in [1.82, 2.24) is 10.2 Å². The molecule has 3 aromatic rings. The highest BCUT2D eigenvalue weighted by atomic mass is 35.5. The predicted molar refractivity (Wildman–Crippen MR) is 170 cm³/mol. The van der Waals surface area contributed by atoms with Gasteiger partial charge in [0.1, 0.15) is 12.6 Å². The second-order valence-electron chi connectivity index (χ2n) is 11.1. The quantitative estimate of drug-likeness (QED) is 0.272. The Balaban J connectivity index is 1.73. The van der Waals surface area contributed by atoms with Gasteiger partial charge in [-0.3, -0.25) is 18.7 Å². The van der Waals surface area contributed by atoms with Gasteiger partial charge in [-0.15, -0.1) is 0 Å². The maximum Gasteiger partial charge on any atom is 0.244 e. The molecule has 8 nitrogen and oxygen atoms in total. The summed E-state index contributed by atoms with van der Waals surface area (Å²) in [5.41, 5.74) is 2.13. The molecule has 1 atom stereocenters. The Morgan fingerprint density at radius 2 is 1.58 bits per heavy atom. The number of anilines is 1. The lowest BCUT2D eigenvalue weighted by Crippen LogP contribution is -2.55. The van der Waals surface area contributed by atoms with E-state index in [4.69, 9.17) is 11.6 Å². The third-order valence-corrected chi connectivity index (χ3v) is 9.10. The minimum Gasteiger partial charge on any atom is -0.352 e. The molecule has 4 rings (SSSR count). The average molecular weight is 624 g/mol. The maximum atomic E-state index is 14.2. The van der Waals surface area contributed by atoms with E-state index in [1.165, 1.54) is 17.9 Å². The number of halogens is 1. The van der Waals surface area contributed by atoms with E-state index >= 15 is 0 Å². The van der Waals surface area contributed by atoms with Crippen LogP contribution < -0.4 is 9.62 Å². The predicted octanol–water partition coefficient (Wildman–Crippen LogP) is 5.40. The average Bonchev–Trinajstić information content (AvgIpc) is 2.99. The lowest BCUT2D eigenvalue weighted by atomic mass is 9.94. The van der Waals surface area contributed by atoms with Gasteiger partial charge in [-0.1, -0.05) is 85.5 Å². The number of nitrogens with zero attached hydrogens (tertiary/aromatic N) is 2. The molecule has 0 spiro atoms. The Bertz CT molecular complexity index is 1520. The van der Waals surface area contributed by atoms with E-state index in [0.29, 0.717) is 10.6 Å². The summed E-state index contributed by atoms with van der Waals surface area (Å²) in [6.45, 7) is 0.911. The van der Waals surface area contributed by atoms with E-state index in [-0.39, 0.29) is 36.4 Å². The van der Waals surface area contributed by atoms with Crippen LogP contribution >= 0.6 is 11.6 Å². The standard InChI is InChI=1S/C33H38ClN3O5S/c1-24(38)27-12-9-15-30(21-27)37(43(2,41)42)23-32(39)36(22-26-16-18-28(34)19-17-26)31(20-25-10-5-3-6-11-25)33(40)35-29-13-7-4-8-14-29/h3,5-6,9-12,15-19,21,29,31H,4,7-8,13-14,20,22-23H2,1-2H3,(H,35,40)/t31-/m1/s1. The van der Waals surface area contributed by atoms with Crippen molar-refractivity contribution in [2.45, 2.75) is 64.1 Å². The Morgan fingerprint density at radius 3 is 2.21 bits per heavy atom. The van der Waals surface area contributed by atoms with Crippen molar-refractivity contribution >= 4 is 44.9 Å². The van der Waals surface area contributed by atoms with Crippen LogP contribution in [0.5, 0.6) is 0 Å². The van der Waals surface area contributed by atoms with Crippen molar-refractivity contribution in [3.05, 3.63) is 101 Å². The Morgan fingerprint density at radius 1 is 0.907 bits per heavy atom. The first-order chi connectivity index (χ1) is 20.5. The molecule has 228 valence electrons. The van der Waals surface area contributed by atoms with Crippen molar-refractivity contribution in [1.29, 1.82) is 0 Å². The number of benzene rings is 3. The van der Waals surface area contributed by atoms with Gasteiger partial charge in [0.05, 0.1) is 11.9 Å². The minimum absolute atomic E-state index is 0.0221. The highest BCUT2D eigenvalue weighted by Gasteiger charge is 2.34. The zero-order valence-corrected chi connectivity index (χ0v) is 26.1. The van der Waals surface area contributed by atoms with Gasteiger partial charge in [-0.2, -0.15) is 0 Å². The van der Waals surface area contributed by atoms with Gasteiger partial charge in [0.15, 0.2) is 5.78 Å². The van der Waals surface area contributed by atoms with Crippen LogP contribution in [0.3, 0.4) is 0 Å². The fourth-order valence-electron chi connectivity index (χ4n) is 5.38. The summed E-state index contributed by atoms with van der Waals surface area (Å²) in [6, 6.07) is 21.7. The summed E-state index contributed by atoms with van der Waals surface area (Å²) in [6.07, 6.45) is 6.22. The summed E-state index contributed by atoms with van der Waals surface area (Å²) >= 11 is 6.12. The number of hydrogen-bond donors (Lipinski definition) is 1. The molecule has 0 aliphatic heterocycles. The number of carbonyl (C=O) groups excluding carboxylic acids is 3. The summed E-state index contributed by atoms with van der Waals surface area (Å²) in [5, 5.41) is 3.71. The molecule has 1 fully saturated rings. The molecule has 0 unspecified atom stereocenters. The summed E-state index contributed by atoms with van der Waals surface area (Å²) in [4.78, 5) is 41.7. The minimum atomic E-state index is -3.94. The molecule has 1 saturated carbocycles. The molecule has 0 aromatic heterocycles. The fraction of sp³-hybridized carbons (Fsp3) is 0.364. The second kappa shape index (κ2) is 14.7. The Labute approximate surface area is 259 Å². The van der Waals surface area contributed by atoms with Gasteiger partial charge >= 0.3 is 0 Å². The molecule has 0 saturated heterocycles. The van der Waals surface area contributed by atoms with Crippen LogP contribution in [0.2, 0.25) is 5.02 Å². The van der Waals surface area contributed by atoms with Crippen LogP contribution in [-0.2, 0) is 32.6 Å². The molecule has 0 bridgehead atoms. The van der Waals surface area contributed by atoms with Crippen molar-refractivity contribution in [2.24, 2.45) is 0 Å². The largest absolute Gasteiger partial charge is 0.352 e. The highest BCUT2D eigenvalue weighted by molar-refractivity contribution is 7.92. The van der Waals surface area contributed by atoms with Crippen molar-refractivity contribution < 1.29 is 22.8 Å². The van der Waals surface area contributed by atoms with E-state index in [1.54, 1.807) is 42.5 Å². The van der Waals surface area contributed by atoms with Crippen LogP contribution in [0.15, 0.2) is 78.9 Å². The van der Waals surface area contributed by atoms with Crippen molar-refractivity contribution in [3.8, 4) is 0 Å². The molecular weight excluding hydrogens is 586 g/mol. The normalized spacial score (nSPS) is 14.5. The zero-order valence-electron chi connectivity index (χ0n) is 24.5. The van der Waals surface area contributed by atoms with E-state index in [9.17, 15) is 22.8 Å². The molecule has 0 heterocycles. The molecule has 10 heteroatoms. The first-order valence-corrected chi connectivity index (χ1v) is 16.7. The number of nitrogens with one attached hydrogen (secondary N) is 1. The van der Waals surface area contributed by atoms with Crippen LogP contribution in [0.1, 0.15) is 60.5 Å². The number of sulfonamides is 1. The summed E-state index contributed by atoms with van der Waals surface area (Å²) < 4.78 is 27.0. The lowest BCUT2D eigenvalue weighted by Gasteiger charge is -2.35. The number of ketones is 1. The SMILES string of the molecule is CC(=O)c1cccc(N(CC(=O)N(Cc2ccc(Cl)cc2)[C@H](Cc2ccccc2)C(=O)NC2CCCCC2)S(C)(=O)=O)c1. The number of rotatable bonds is 12. The third kappa shape index (κ3) is 9.15. The molecule has 0 radical (unpaired) electrons. The van der Waals surface area contributed by atoms with Gasteiger partial charge in [-0.25, -0.2) is 8.42 Å². The van der Waals surface area contributed by atoms with Crippen LogP contribution in [0.25, 0.3) is 0 Å². The number of hydrogen-bond acceptors (Lipinski definition) is 5. The number of carbonyl (C=O) groups is 3. The molecule has 43 heavy (non-hydrogen) atoms. The van der Waals surface area contributed by atoms with E-state index in [0.717, 1.165) is 53.8 Å². The van der Waals surface area contributed by atoms with Gasteiger partial charge in [0.25, 0.3) is 0 Å². The van der Waals surface area contributed by atoms with Gasteiger partial charge in [0, 0.05) is 29.6 Å². The molecular formula is C33H38ClN3O5S. The Hall–Kier alpha value is -3.69. The summed E-state index contributed by atoms with van der Waals surface area (Å²) in [7, 11) is -3.94. The Kier molecular flexibility index (Phi) is 11.0. The van der Waals surface area contributed by atoms with E-state index in [2.05, 4.69) is 5.32 Å². The maximum absolute atomic E-state index is 14.2. The second-order valence-corrected chi connectivity index (χ2v) is 13.4. The zero-order chi connectivity index (χ0) is 31.0.